The molecule has 1 aliphatic heterocycles. The van der Waals surface area contributed by atoms with Crippen molar-refractivity contribution in [2.45, 2.75) is 38.9 Å². The van der Waals surface area contributed by atoms with Crippen LogP contribution in [-0.4, -0.2) is 18.3 Å². The molecule has 182 valence electrons. The van der Waals surface area contributed by atoms with E-state index >= 15 is 0 Å². The molecule has 1 fully saturated rings. The van der Waals surface area contributed by atoms with Gasteiger partial charge in [0.25, 0.3) is 0 Å². The van der Waals surface area contributed by atoms with Crippen LogP contribution >= 0.6 is 0 Å². The second-order valence-electron chi connectivity index (χ2n) is 10.9. The Balaban J connectivity index is 1.27. The lowest BCUT2D eigenvalue weighted by Gasteiger charge is -2.32. The van der Waals surface area contributed by atoms with Gasteiger partial charge in [-0.2, -0.15) is 0 Å². The zero-order valence-electron chi connectivity index (χ0n) is 21.9. The Morgan fingerprint density at radius 2 is 0.892 bits per heavy atom. The Kier molecular flexibility index (Phi) is 5.79. The van der Waals surface area contributed by atoms with Gasteiger partial charge in [0.2, 0.25) is 0 Å². The fourth-order valence-electron chi connectivity index (χ4n) is 4.93. The van der Waals surface area contributed by atoms with Crippen molar-refractivity contribution in [3.8, 4) is 33.4 Å². The molecular weight excluding hydrogens is 451 g/mol. The van der Waals surface area contributed by atoms with E-state index in [0.29, 0.717) is 0 Å². The maximum Gasteiger partial charge on any atom is 0.494 e. The first-order chi connectivity index (χ1) is 17.8. The standard InChI is InChI=1S/C34H31BO2/c1-33(2)34(3,4)37-35(36-33)32-20-19-30-22-29(17-18-31(30)23-32)28-12-8-11-27(21-28)26-15-13-25(14-16-26)24-9-6-5-7-10-24/h5-23H,1-4H3. The second kappa shape index (κ2) is 9.02. The first-order valence-electron chi connectivity index (χ1n) is 12.9. The van der Waals surface area contributed by atoms with Crippen LogP contribution in [0.4, 0.5) is 0 Å². The summed E-state index contributed by atoms with van der Waals surface area (Å²) in [6.07, 6.45) is 0. The Morgan fingerprint density at radius 1 is 0.432 bits per heavy atom. The van der Waals surface area contributed by atoms with E-state index in [9.17, 15) is 0 Å². The lowest BCUT2D eigenvalue weighted by molar-refractivity contribution is 0.00578. The average molecular weight is 482 g/mol. The first-order valence-corrected chi connectivity index (χ1v) is 12.9. The quantitative estimate of drug-likeness (QED) is 0.241. The molecule has 1 saturated heterocycles. The smallest absolute Gasteiger partial charge is 0.399 e. The van der Waals surface area contributed by atoms with Gasteiger partial charge in [0.15, 0.2) is 0 Å². The highest BCUT2D eigenvalue weighted by Gasteiger charge is 2.51. The predicted octanol–water partition coefficient (Wildman–Crippen LogP) is 8.14. The average Bonchev–Trinajstić information content (AvgIpc) is 3.15. The molecule has 37 heavy (non-hydrogen) atoms. The van der Waals surface area contributed by atoms with Crippen molar-refractivity contribution in [1.82, 2.24) is 0 Å². The van der Waals surface area contributed by atoms with Gasteiger partial charge in [0, 0.05) is 0 Å². The van der Waals surface area contributed by atoms with E-state index in [1.165, 1.54) is 44.2 Å². The highest BCUT2D eigenvalue weighted by Crippen LogP contribution is 2.37. The van der Waals surface area contributed by atoms with Crippen molar-refractivity contribution in [1.29, 1.82) is 0 Å². The zero-order valence-corrected chi connectivity index (χ0v) is 21.9. The lowest BCUT2D eigenvalue weighted by Crippen LogP contribution is -2.41. The van der Waals surface area contributed by atoms with E-state index in [1.54, 1.807) is 0 Å². The van der Waals surface area contributed by atoms with Crippen molar-refractivity contribution in [2.75, 3.05) is 0 Å². The Labute approximate surface area is 220 Å². The third-order valence-corrected chi connectivity index (χ3v) is 7.91. The van der Waals surface area contributed by atoms with E-state index in [4.69, 9.17) is 9.31 Å². The van der Waals surface area contributed by atoms with Gasteiger partial charge in [-0.05, 0) is 89.4 Å². The summed E-state index contributed by atoms with van der Waals surface area (Å²) in [5.74, 6) is 0. The van der Waals surface area contributed by atoms with Gasteiger partial charge in [-0.25, -0.2) is 0 Å². The molecule has 0 bridgehead atoms. The molecule has 0 atom stereocenters. The molecule has 0 unspecified atom stereocenters. The molecule has 2 nitrogen and oxygen atoms in total. The second-order valence-corrected chi connectivity index (χ2v) is 10.9. The molecule has 1 aliphatic rings. The molecule has 0 amide bonds. The summed E-state index contributed by atoms with van der Waals surface area (Å²) in [4.78, 5) is 0. The third-order valence-electron chi connectivity index (χ3n) is 7.91. The maximum atomic E-state index is 6.26. The van der Waals surface area contributed by atoms with Crippen molar-refractivity contribution >= 4 is 23.4 Å². The molecule has 0 spiro atoms. The summed E-state index contributed by atoms with van der Waals surface area (Å²) < 4.78 is 12.5. The van der Waals surface area contributed by atoms with Gasteiger partial charge in [-0.1, -0.05) is 103 Å². The molecule has 6 rings (SSSR count). The molecule has 5 aromatic carbocycles. The van der Waals surface area contributed by atoms with Crippen molar-refractivity contribution in [3.63, 3.8) is 0 Å². The van der Waals surface area contributed by atoms with E-state index in [0.717, 1.165) is 5.46 Å². The Bertz CT molecular complexity index is 1550. The van der Waals surface area contributed by atoms with E-state index in [-0.39, 0.29) is 18.3 Å². The fourth-order valence-corrected chi connectivity index (χ4v) is 4.93. The minimum atomic E-state index is -0.348. The van der Waals surface area contributed by atoms with E-state index in [2.05, 4.69) is 143 Å². The molecule has 3 heteroatoms. The van der Waals surface area contributed by atoms with E-state index in [1.807, 2.05) is 0 Å². The topological polar surface area (TPSA) is 18.5 Å². The molecule has 5 aromatic rings. The molecule has 0 radical (unpaired) electrons. The fraction of sp³-hybridized carbons (Fsp3) is 0.176. The summed E-state index contributed by atoms with van der Waals surface area (Å²) in [5, 5.41) is 2.39. The minimum Gasteiger partial charge on any atom is -0.399 e. The third kappa shape index (κ3) is 4.50. The predicted molar refractivity (Wildman–Crippen MR) is 156 cm³/mol. The van der Waals surface area contributed by atoms with Gasteiger partial charge in [-0.3, -0.25) is 0 Å². The number of hydrogen-bond acceptors (Lipinski definition) is 2. The largest absolute Gasteiger partial charge is 0.494 e. The summed E-state index contributed by atoms with van der Waals surface area (Å²) in [6, 6.07) is 41.2. The highest BCUT2D eigenvalue weighted by atomic mass is 16.7. The number of rotatable bonds is 4. The summed E-state index contributed by atoms with van der Waals surface area (Å²) in [5.41, 5.74) is 7.69. The number of benzene rings is 5. The molecule has 0 aromatic heterocycles. The van der Waals surface area contributed by atoms with Crippen molar-refractivity contribution in [2.24, 2.45) is 0 Å². The maximum absolute atomic E-state index is 6.26. The van der Waals surface area contributed by atoms with Gasteiger partial charge in [0.05, 0.1) is 11.2 Å². The molecule has 1 heterocycles. The van der Waals surface area contributed by atoms with Crippen LogP contribution in [0.15, 0.2) is 115 Å². The summed E-state index contributed by atoms with van der Waals surface area (Å²) in [6.45, 7) is 8.36. The van der Waals surface area contributed by atoms with Crippen LogP contribution in [0.1, 0.15) is 27.7 Å². The van der Waals surface area contributed by atoms with Crippen LogP contribution in [0.25, 0.3) is 44.2 Å². The normalized spacial score (nSPS) is 16.3. The van der Waals surface area contributed by atoms with Gasteiger partial charge >= 0.3 is 7.12 Å². The van der Waals surface area contributed by atoms with Crippen LogP contribution in [0.3, 0.4) is 0 Å². The van der Waals surface area contributed by atoms with Crippen LogP contribution in [0.5, 0.6) is 0 Å². The van der Waals surface area contributed by atoms with E-state index < -0.39 is 0 Å². The molecular formula is C34H31BO2. The van der Waals surface area contributed by atoms with Gasteiger partial charge in [0.1, 0.15) is 0 Å². The van der Waals surface area contributed by atoms with Crippen LogP contribution < -0.4 is 5.46 Å². The minimum absolute atomic E-state index is 0.344. The first kappa shape index (κ1) is 23.7. The van der Waals surface area contributed by atoms with Gasteiger partial charge in [-0.15, -0.1) is 0 Å². The highest BCUT2D eigenvalue weighted by molar-refractivity contribution is 6.62. The van der Waals surface area contributed by atoms with Gasteiger partial charge < -0.3 is 9.31 Å². The Hall–Kier alpha value is -3.66. The van der Waals surface area contributed by atoms with Crippen LogP contribution in [0, 0.1) is 0 Å². The monoisotopic (exact) mass is 482 g/mol. The van der Waals surface area contributed by atoms with Crippen LogP contribution in [0.2, 0.25) is 0 Å². The van der Waals surface area contributed by atoms with Crippen molar-refractivity contribution in [3.05, 3.63) is 115 Å². The molecule has 0 aliphatic carbocycles. The van der Waals surface area contributed by atoms with Crippen molar-refractivity contribution < 1.29 is 9.31 Å². The molecule has 0 saturated carbocycles. The SMILES string of the molecule is CC1(C)OB(c2ccc3cc(-c4cccc(-c5ccc(-c6ccccc6)cc5)c4)ccc3c2)OC1(C)C. The summed E-state index contributed by atoms with van der Waals surface area (Å²) >= 11 is 0. The lowest BCUT2D eigenvalue weighted by atomic mass is 9.78. The Morgan fingerprint density at radius 3 is 1.57 bits per heavy atom. The molecule has 0 N–H and O–H groups in total. The summed E-state index contributed by atoms with van der Waals surface area (Å²) in [7, 11) is -0.348. The number of hydrogen-bond donors (Lipinski definition) is 0. The van der Waals surface area contributed by atoms with Crippen LogP contribution in [-0.2, 0) is 9.31 Å². The zero-order chi connectivity index (χ0) is 25.6. The number of fused-ring (bicyclic) bond motifs is 1.